The van der Waals surface area contributed by atoms with Crippen LogP contribution in [0.4, 0.5) is 15.8 Å². The van der Waals surface area contributed by atoms with Crippen LogP contribution in [-0.2, 0) is 9.47 Å². The number of morpholine rings is 1. The van der Waals surface area contributed by atoms with E-state index in [1.165, 1.54) is 31.4 Å². The third kappa shape index (κ3) is 4.71. The maximum absolute atomic E-state index is 13.7. The molecule has 2 aromatic rings. The van der Waals surface area contributed by atoms with Crippen LogP contribution >= 0.6 is 0 Å². The molecule has 9 nitrogen and oxygen atoms in total. The molecule has 0 spiro atoms. The number of ether oxygens (including phenoxy) is 3. The zero-order chi connectivity index (χ0) is 21.7. The minimum atomic E-state index is -0.894. The maximum Gasteiger partial charge on any atom is 0.338 e. The van der Waals surface area contributed by atoms with Crippen molar-refractivity contribution in [3.63, 3.8) is 0 Å². The average Bonchev–Trinajstić information content (AvgIpc) is 2.77. The summed E-state index contributed by atoms with van der Waals surface area (Å²) in [4.78, 5) is 37.1. The van der Waals surface area contributed by atoms with Gasteiger partial charge in [0.2, 0.25) is 0 Å². The van der Waals surface area contributed by atoms with E-state index >= 15 is 0 Å². The molecule has 0 bridgehead atoms. The number of esters is 1. The first-order valence-electron chi connectivity index (χ1n) is 9.05. The lowest BCUT2D eigenvalue weighted by Gasteiger charge is -2.28. The lowest BCUT2D eigenvalue weighted by molar-refractivity contribution is -0.384. The van der Waals surface area contributed by atoms with Crippen LogP contribution < -0.4 is 9.64 Å². The Morgan fingerprint density at radius 3 is 2.50 bits per heavy atom. The van der Waals surface area contributed by atoms with E-state index in [1.54, 1.807) is 4.90 Å². The molecule has 0 amide bonds. The quantitative estimate of drug-likeness (QED) is 0.292. The van der Waals surface area contributed by atoms with Gasteiger partial charge in [-0.25, -0.2) is 9.18 Å². The van der Waals surface area contributed by atoms with Gasteiger partial charge in [0.15, 0.2) is 24.0 Å². The fraction of sp³-hybridized carbons (Fsp3) is 0.300. The van der Waals surface area contributed by atoms with E-state index in [0.717, 1.165) is 12.1 Å². The summed E-state index contributed by atoms with van der Waals surface area (Å²) in [5.41, 5.74) is 0.0849. The lowest BCUT2D eigenvalue weighted by atomic mass is 10.1. The summed E-state index contributed by atoms with van der Waals surface area (Å²) in [6.07, 6.45) is 0. The van der Waals surface area contributed by atoms with E-state index in [-0.39, 0.29) is 22.6 Å². The molecule has 0 radical (unpaired) electrons. The number of methoxy groups -OCH3 is 1. The van der Waals surface area contributed by atoms with E-state index in [2.05, 4.69) is 0 Å². The Labute approximate surface area is 171 Å². The van der Waals surface area contributed by atoms with Crippen LogP contribution in [0.1, 0.15) is 20.7 Å². The Hall–Kier alpha value is -3.53. The number of carbonyl (C=O) groups is 2. The lowest BCUT2D eigenvalue weighted by Crippen LogP contribution is -2.36. The zero-order valence-electron chi connectivity index (χ0n) is 16.1. The van der Waals surface area contributed by atoms with Gasteiger partial charge in [0, 0.05) is 24.7 Å². The molecule has 0 unspecified atom stereocenters. The summed E-state index contributed by atoms with van der Waals surface area (Å²) in [6, 6.07) is 7.61. The monoisotopic (exact) mass is 418 g/mol. The number of rotatable bonds is 7. The summed E-state index contributed by atoms with van der Waals surface area (Å²) in [5.74, 6) is -2.25. The van der Waals surface area contributed by atoms with Crippen molar-refractivity contribution in [1.82, 2.24) is 0 Å². The van der Waals surface area contributed by atoms with Crippen molar-refractivity contribution < 1.29 is 33.1 Å². The molecule has 2 aromatic carbocycles. The van der Waals surface area contributed by atoms with Crippen LogP contribution in [0.5, 0.6) is 5.75 Å². The molecule has 1 aliphatic rings. The van der Waals surface area contributed by atoms with Crippen molar-refractivity contribution in [3.05, 3.63) is 63.5 Å². The van der Waals surface area contributed by atoms with Crippen molar-refractivity contribution in [1.29, 1.82) is 0 Å². The van der Waals surface area contributed by atoms with E-state index in [9.17, 15) is 24.1 Å². The topological polar surface area (TPSA) is 108 Å². The molecule has 10 heteroatoms. The molecule has 0 aromatic heterocycles. The number of halogens is 1. The van der Waals surface area contributed by atoms with Crippen molar-refractivity contribution in [2.24, 2.45) is 0 Å². The Morgan fingerprint density at radius 2 is 1.87 bits per heavy atom. The number of nitrogens with zero attached hydrogens (tertiary/aromatic N) is 2. The van der Waals surface area contributed by atoms with Crippen molar-refractivity contribution in [2.75, 3.05) is 44.9 Å². The van der Waals surface area contributed by atoms with Gasteiger partial charge in [-0.1, -0.05) is 0 Å². The summed E-state index contributed by atoms with van der Waals surface area (Å²) in [7, 11) is 1.30. The summed E-state index contributed by atoms with van der Waals surface area (Å²) in [5, 5.41) is 11.5. The Bertz CT molecular complexity index is 974. The predicted octanol–water partition coefficient (Wildman–Crippen LogP) is 2.62. The van der Waals surface area contributed by atoms with Gasteiger partial charge in [-0.3, -0.25) is 14.9 Å². The van der Waals surface area contributed by atoms with Crippen LogP contribution in [0.15, 0.2) is 36.4 Å². The van der Waals surface area contributed by atoms with Crippen LogP contribution in [0.3, 0.4) is 0 Å². The smallest absolute Gasteiger partial charge is 0.338 e. The third-order valence-electron chi connectivity index (χ3n) is 4.57. The van der Waals surface area contributed by atoms with Crippen molar-refractivity contribution in [2.45, 2.75) is 0 Å². The van der Waals surface area contributed by atoms with Crippen LogP contribution in [-0.4, -0.2) is 56.7 Å². The highest BCUT2D eigenvalue weighted by Crippen LogP contribution is 2.30. The molecule has 3 rings (SSSR count). The molecular formula is C20H19FN2O7. The molecule has 158 valence electrons. The number of hydrogen-bond donors (Lipinski definition) is 0. The number of anilines is 1. The molecule has 0 N–H and O–H groups in total. The SMILES string of the molecule is COc1ccc(C(=O)COC(=O)c2ccc(N3CCOCC3)c([N+](=O)[O-])c2)cc1F. The standard InChI is InChI=1S/C20H19FN2O7/c1-28-19-5-3-13(10-15(19)21)18(24)12-30-20(25)14-2-4-16(17(11-14)23(26)27)22-6-8-29-9-7-22/h2-5,10-11H,6-9,12H2,1H3. The van der Waals surface area contributed by atoms with Crippen LogP contribution in [0.25, 0.3) is 0 Å². The van der Waals surface area contributed by atoms with E-state index < -0.39 is 29.1 Å². The molecular weight excluding hydrogens is 399 g/mol. The second-order valence-electron chi connectivity index (χ2n) is 6.41. The number of hydrogen-bond acceptors (Lipinski definition) is 8. The molecule has 0 saturated carbocycles. The number of benzene rings is 2. The Balaban J connectivity index is 1.70. The van der Waals surface area contributed by atoms with E-state index in [1.807, 2.05) is 0 Å². The maximum atomic E-state index is 13.7. The third-order valence-corrected chi connectivity index (χ3v) is 4.57. The number of Topliss-reactive ketones (excluding diaryl/α,β-unsaturated/α-hetero) is 1. The number of nitro groups is 1. The molecule has 0 aliphatic carbocycles. The fourth-order valence-electron chi connectivity index (χ4n) is 3.01. The Morgan fingerprint density at radius 1 is 1.17 bits per heavy atom. The van der Waals surface area contributed by atoms with Crippen LogP contribution in [0.2, 0.25) is 0 Å². The molecule has 1 saturated heterocycles. The van der Waals surface area contributed by atoms with Crippen molar-refractivity contribution >= 4 is 23.1 Å². The van der Waals surface area contributed by atoms with Gasteiger partial charge in [-0.05, 0) is 30.3 Å². The average molecular weight is 418 g/mol. The summed E-state index contributed by atoms with van der Waals surface area (Å²) < 4.78 is 28.7. The minimum absolute atomic E-state index is 0.00902. The first kappa shape index (κ1) is 21.2. The molecule has 1 fully saturated rings. The van der Waals surface area contributed by atoms with Gasteiger partial charge < -0.3 is 19.1 Å². The number of carbonyl (C=O) groups excluding carboxylic acids is 2. The second-order valence-corrected chi connectivity index (χ2v) is 6.41. The minimum Gasteiger partial charge on any atom is -0.494 e. The molecule has 1 heterocycles. The summed E-state index contributed by atoms with van der Waals surface area (Å²) >= 11 is 0. The summed E-state index contributed by atoms with van der Waals surface area (Å²) in [6.45, 7) is 1.27. The largest absolute Gasteiger partial charge is 0.494 e. The highest BCUT2D eigenvalue weighted by molar-refractivity contribution is 5.99. The Kier molecular flexibility index (Phi) is 6.58. The van der Waals surface area contributed by atoms with Crippen LogP contribution in [0, 0.1) is 15.9 Å². The number of nitro benzene ring substituents is 1. The van der Waals surface area contributed by atoms with Gasteiger partial charge in [-0.2, -0.15) is 0 Å². The first-order chi connectivity index (χ1) is 14.4. The van der Waals surface area contributed by atoms with Crippen molar-refractivity contribution in [3.8, 4) is 5.75 Å². The molecule has 30 heavy (non-hydrogen) atoms. The van der Waals surface area contributed by atoms with E-state index in [0.29, 0.717) is 32.0 Å². The van der Waals surface area contributed by atoms with Gasteiger partial charge >= 0.3 is 5.97 Å². The number of ketones is 1. The van der Waals surface area contributed by atoms with Gasteiger partial charge in [0.05, 0.1) is 30.8 Å². The zero-order valence-corrected chi connectivity index (χ0v) is 16.1. The molecule has 0 atom stereocenters. The van der Waals surface area contributed by atoms with Gasteiger partial charge in [0.25, 0.3) is 5.69 Å². The van der Waals surface area contributed by atoms with Gasteiger partial charge in [-0.15, -0.1) is 0 Å². The molecule has 1 aliphatic heterocycles. The second kappa shape index (κ2) is 9.31. The fourth-order valence-corrected chi connectivity index (χ4v) is 3.01. The predicted molar refractivity (Wildman–Crippen MR) is 104 cm³/mol. The van der Waals surface area contributed by atoms with Gasteiger partial charge in [0.1, 0.15) is 5.69 Å². The highest BCUT2D eigenvalue weighted by Gasteiger charge is 2.24. The normalized spacial score (nSPS) is 13.6. The first-order valence-corrected chi connectivity index (χ1v) is 9.05. The highest BCUT2D eigenvalue weighted by atomic mass is 19.1. The van der Waals surface area contributed by atoms with E-state index in [4.69, 9.17) is 14.2 Å².